The fraction of sp³-hybridized carbons (Fsp3) is 0. The lowest BCUT2D eigenvalue weighted by Gasteiger charge is -2.11. The predicted molar refractivity (Wildman–Crippen MR) is 73.9 cm³/mol. The zero-order valence-electron chi connectivity index (χ0n) is 9.02. The first-order valence-corrected chi connectivity index (χ1v) is 7.07. The SMILES string of the molecule is C=Cc1c(Cl)c(Cl)c(S(=O)(=O)O)c2ccccc12. The number of halogens is 2. The van der Waals surface area contributed by atoms with Crippen LogP contribution >= 0.6 is 23.2 Å². The summed E-state index contributed by atoms with van der Waals surface area (Å²) in [6.07, 6.45) is 1.49. The van der Waals surface area contributed by atoms with Crippen LogP contribution in [0.15, 0.2) is 35.7 Å². The van der Waals surface area contributed by atoms with Gasteiger partial charge in [-0.25, -0.2) is 0 Å². The van der Waals surface area contributed by atoms with Crippen LogP contribution in [0.1, 0.15) is 5.56 Å². The second-order valence-electron chi connectivity index (χ2n) is 3.60. The Morgan fingerprint density at radius 3 is 2.17 bits per heavy atom. The van der Waals surface area contributed by atoms with Crippen molar-refractivity contribution in [2.75, 3.05) is 0 Å². The standard InChI is InChI=1S/C12H8Cl2O3S/c1-2-7-8-5-3-4-6-9(8)12(18(15,16)17)11(14)10(7)13/h2-6H,1H2,(H,15,16,17). The zero-order chi connectivity index (χ0) is 13.5. The van der Waals surface area contributed by atoms with E-state index in [0.717, 1.165) is 0 Å². The third-order valence-electron chi connectivity index (χ3n) is 2.55. The first kappa shape index (κ1) is 13.4. The molecule has 2 aromatic carbocycles. The molecule has 6 heteroatoms. The van der Waals surface area contributed by atoms with E-state index in [1.165, 1.54) is 6.08 Å². The summed E-state index contributed by atoms with van der Waals surface area (Å²) < 4.78 is 32.1. The van der Waals surface area contributed by atoms with Gasteiger partial charge in [-0.05, 0) is 5.39 Å². The second kappa shape index (κ2) is 4.55. The van der Waals surface area contributed by atoms with Crippen molar-refractivity contribution in [3.63, 3.8) is 0 Å². The lowest BCUT2D eigenvalue weighted by molar-refractivity contribution is 0.484. The highest BCUT2D eigenvalue weighted by molar-refractivity contribution is 7.86. The van der Waals surface area contributed by atoms with Gasteiger partial charge in [0, 0.05) is 10.9 Å². The molecule has 0 aliphatic heterocycles. The normalized spacial score (nSPS) is 11.7. The number of hydrogen-bond acceptors (Lipinski definition) is 2. The van der Waals surface area contributed by atoms with E-state index in [0.29, 0.717) is 16.3 Å². The molecule has 0 unspecified atom stereocenters. The average Bonchev–Trinajstić information content (AvgIpc) is 2.29. The molecule has 2 rings (SSSR count). The van der Waals surface area contributed by atoms with Gasteiger partial charge in [0.25, 0.3) is 10.1 Å². The highest BCUT2D eigenvalue weighted by Gasteiger charge is 2.23. The van der Waals surface area contributed by atoms with E-state index in [4.69, 9.17) is 23.2 Å². The van der Waals surface area contributed by atoms with Gasteiger partial charge in [0.2, 0.25) is 0 Å². The average molecular weight is 303 g/mol. The van der Waals surface area contributed by atoms with Gasteiger partial charge < -0.3 is 0 Å². The molecule has 0 aliphatic carbocycles. The molecule has 0 saturated carbocycles. The number of benzene rings is 2. The Hall–Kier alpha value is -1.07. The van der Waals surface area contributed by atoms with Gasteiger partial charge in [0.05, 0.1) is 10.0 Å². The second-order valence-corrected chi connectivity index (χ2v) is 5.71. The van der Waals surface area contributed by atoms with E-state index in [1.807, 2.05) is 0 Å². The van der Waals surface area contributed by atoms with Gasteiger partial charge in [0.1, 0.15) is 4.90 Å². The van der Waals surface area contributed by atoms with Crippen molar-refractivity contribution in [1.29, 1.82) is 0 Å². The summed E-state index contributed by atoms with van der Waals surface area (Å²) in [7, 11) is -4.46. The smallest absolute Gasteiger partial charge is 0.282 e. The molecule has 1 N–H and O–H groups in total. The molecular weight excluding hydrogens is 295 g/mol. The number of rotatable bonds is 2. The predicted octanol–water partition coefficient (Wildman–Crippen LogP) is 4.04. The monoisotopic (exact) mass is 302 g/mol. The fourth-order valence-corrected chi connectivity index (χ4v) is 3.43. The summed E-state index contributed by atoms with van der Waals surface area (Å²) in [5.74, 6) is 0. The molecule has 0 bridgehead atoms. The maximum atomic E-state index is 11.4. The van der Waals surface area contributed by atoms with Crippen LogP contribution in [0.4, 0.5) is 0 Å². The van der Waals surface area contributed by atoms with Crippen LogP contribution in [0.5, 0.6) is 0 Å². The Morgan fingerprint density at radius 1 is 1.11 bits per heavy atom. The molecule has 18 heavy (non-hydrogen) atoms. The van der Waals surface area contributed by atoms with Gasteiger partial charge in [-0.2, -0.15) is 8.42 Å². The molecular formula is C12H8Cl2O3S. The lowest BCUT2D eigenvalue weighted by Crippen LogP contribution is -2.02. The van der Waals surface area contributed by atoms with Crippen molar-refractivity contribution in [2.24, 2.45) is 0 Å². The van der Waals surface area contributed by atoms with Crippen molar-refractivity contribution >= 4 is 50.2 Å². The summed E-state index contributed by atoms with van der Waals surface area (Å²) in [6, 6.07) is 6.61. The molecule has 2 aromatic rings. The summed E-state index contributed by atoms with van der Waals surface area (Å²) in [4.78, 5) is -0.379. The molecule has 0 heterocycles. The van der Waals surface area contributed by atoms with Crippen molar-refractivity contribution in [2.45, 2.75) is 4.90 Å². The van der Waals surface area contributed by atoms with Crippen LogP contribution in [0.2, 0.25) is 10.0 Å². The van der Waals surface area contributed by atoms with Gasteiger partial charge in [0.15, 0.2) is 0 Å². The summed E-state index contributed by atoms with van der Waals surface area (Å²) in [5, 5.41) is 0.726. The molecule has 0 aliphatic rings. The van der Waals surface area contributed by atoms with Crippen LogP contribution < -0.4 is 0 Å². The van der Waals surface area contributed by atoms with Crippen LogP contribution in [-0.2, 0) is 10.1 Å². The van der Waals surface area contributed by atoms with Crippen molar-refractivity contribution in [3.05, 3.63) is 46.5 Å². The molecule has 3 nitrogen and oxygen atoms in total. The maximum Gasteiger partial charge on any atom is 0.296 e. The molecule has 0 fully saturated rings. The quantitative estimate of drug-likeness (QED) is 0.852. The third-order valence-corrected chi connectivity index (χ3v) is 4.47. The minimum Gasteiger partial charge on any atom is -0.282 e. The topological polar surface area (TPSA) is 54.4 Å². The zero-order valence-corrected chi connectivity index (χ0v) is 11.4. The van der Waals surface area contributed by atoms with Crippen LogP contribution in [0, 0.1) is 0 Å². The van der Waals surface area contributed by atoms with Crippen LogP contribution in [0.3, 0.4) is 0 Å². The molecule has 0 spiro atoms. The van der Waals surface area contributed by atoms with Crippen molar-refractivity contribution < 1.29 is 13.0 Å². The molecule has 0 amide bonds. The first-order chi connectivity index (χ1) is 8.38. The van der Waals surface area contributed by atoms with E-state index in [1.54, 1.807) is 24.3 Å². The molecule has 0 atom stereocenters. The van der Waals surface area contributed by atoms with Gasteiger partial charge in [-0.15, -0.1) is 0 Å². The summed E-state index contributed by atoms with van der Waals surface area (Å²) in [6.45, 7) is 3.62. The maximum absolute atomic E-state index is 11.4. The Kier molecular flexibility index (Phi) is 3.38. The van der Waals surface area contributed by atoms with Gasteiger partial charge in [-0.3, -0.25) is 4.55 Å². The van der Waals surface area contributed by atoms with Crippen molar-refractivity contribution in [1.82, 2.24) is 0 Å². The van der Waals surface area contributed by atoms with Crippen molar-refractivity contribution in [3.8, 4) is 0 Å². The van der Waals surface area contributed by atoms with E-state index in [2.05, 4.69) is 6.58 Å². The Morgan fingerprint density at radius 2 is 1.67 bits per heavy atom. The number of fused-ring (bicyclic) bond motifs is 1. The molecule has 0 saturated heterocycles. The van der Waals surface area contributed by atoms with E-state index < -0.39 is 10.1 Å². The Bertz CT molecular complexity index is 751. The van der Waals surface area contributed by atoms with Crippen LogP contribution in [0.25, 0.3) is 16.8 Å². The largest absolute Gasteiger partial charge is 0.296 e. The summed E-state index contributed by atoms with van der Waals surface area (Å²) in [5.41, 5.74) is 0.532. The Balaban J connectivity index is 3.15. The third kappa shape index (κ3) is 2.01. The van der Waals surface area contributed by atoms with E-state index in [9.17, 15) is 13.0 Å². The minimum atomic E-state index is -4.46. The Labute approximate surface area is 114 Å². The molecule has 0 radical (unpaired) electrons. The molecule has 94 valence electrons. The molecule has 0 aromatic heterocycles. The number of hydrogen-bond donors (Lipinski definition) is 1. The first-order valence-electron chi connectivity index (χ1n) is 4.87. The minimum absolute atomic E-state index is 0.0537. The van der Waals surface area contributed by atoms with Gasteiger partial charge in [-0.1, -0.05) is 60.1 Å². The lowest BCUT2D eigenvalue weighted by atomic mass is 10.0. The van der Waals surface area contributed by atoms with Gasteiger partial charge >= 0.3 is 0 Å². The van der Waals surface area contributed by atoms with E-state index >= 15 is 0 Å². The highest BCUT2D eigenvalue weighted by Crippen LogP contribution is 2.40. The van der Waals surface area contributed by atoms with E-state index in [-0.39, 0.29) is 14.9 Å². The summed E-state index contributed by atoms with van der Waals surface area (Å²) >= 11 is 11.9. The fourth-order valence-electron chi connectivity index (χ4n) is 1.82. The highest BCUT2D eigenvalue weighted by atomic mass is 35.5. The van der Waals surface area contributed by atoms with Crippen LogP contribution in [-0.4, -0.2) is 13.0 Å².